The molecule has 0 aliphatic heterocycles. The topological polar surface area (TPSA) is 47.6 Å². The number of hydrogen-bond donors (Lipinski definition) is 1. The number of anilines is 1. The molecule has 1 N–H and O–H groups in total. The van der Waals surface area contributed by atoms with Crippen LogP contribution in [0.25, 0.3) is 0 Å². The molecule has 1 aliphatic carbocycles. The highest BCUT2D eigenvalue weighted by molar-refractivity contribution is 9.10. The van der Waals surface area contributed by atoms with E-state index in [9.17, 15) is 4.79 Å². The van der Waals surface area contributed by atoms with E-state index in [-0.39, 0.29) is 5.91 Å². The van der Waals surface area contributed by atoms with Gasteiger partial charge in [-0.2, -0.15) is 0 Å². The van der Waals surface area contributed by atoms with Crippen LogP contribution in [0.4, 0.5) is 5.69 Å². The molecule has 1 aliphatic rings. The SMILES string of the molecule is COc1cc(C(=O)Nc2ccc3c(c2)CCC3)cc(Br)c1OCc1ccccc1. The number of fused-ring (bicyclic) bond motifs is 1. The molecule has 0 spiro atoms. The van der Waals surface area contributed by atoms with Gasteiger partial charge in [0.15, 0.2) is 11.5 Å². The van der Waals surface area contributed by atoms with Crippen LogP contribution in [0, 0.1) is 0 Å². The lowest BCUT2D eigenvalue weighted by molar-refractivity contribution is 0.102. The zero-order chi connectivity index (χ0) is 20.2. The molecule has 0 saturated heterocycles. The Morgan fingerprint density at radius 2 is 1.83 bits per heavy atom. The second-order valence-electron chi connectivity index (χ2n) is 7.05. The molecule has 0 aromatic heterocycles. The van der Waals surface area contributed by atoms with E-state index >= 15 is 0 Å². The summed E-state index contributed by atoms with van der Waals surface area (Å²) in [6.07, 6.45) is 3.38. The van der Waals surface area contributed by atoms with E-state index in [0.29, 0.717) is 28.1 Å². The number of halogens is 1. The molecule has 0 radical (unpaired) electrons. The van der Waals surface area contributed by atoms with Gasteiger partial charge in [-0.1, -0.05) is 36.4 Å². The summed E-state index contributed by atoms with van der Waals surface area (Å²) in [5.74, 6) is 0.899. The molecule has 4 nitrogen and oxygen atoms in total. The monoisotopic (exact) mass is 451 g/mol. The highest BCUT2D eigenvalue weighted by Gasteiger charge is 2.17. The fourth-order valence-corrected chi connectivity index (χ4v) is 4.13. The van der Waals surface area contributed by atoms with Crippen molar-refractivity contribution in [3.8, 4) is 11.5 Å². The fourth-order valence-electron chi connectivity index (χ4n) is 3.57. The Kier molecular flexibility index (Phi) is 5.86. The Morgan fingerprint density at radius 1 is 1.03 bits per heavy atom. The molecule has 1 amide bonds. The Balaban J connectivity index is 1.51. The van der Waals surface area contributed by atoms with Crippen molar-refractivity contribution >= 4 is 27.5 Å². The third-order valence-corrected chi connectivity index (χ3v) is 5.66. The normalized spacial score (nSPS) is 12.3. The molecule has 0 atom stereocenters. The van der Waals surface area contributed by atoms with Gasteiger partial charge in [0.2, 0.25) is 0 Å². The van der Waals surface area contributed by atoms with Crippen LogP contribution < -0.4 is 14.8 Å². The average Bonchev–Trinajstić information content (AvgIpc) is 3.21. The van der Waals surface area contributed by atoms with Gasteiger partial charge < -0.3 is 14.8 Å². The molecule has 3 aromatic carbocycles. The van der Waals surface area contributed by atoms with E-state index in [1.165, 1.54) is 17.5 Å². The molecule has 3 aromatic rings. The van der Waals surface area contributed by atoms with Crippen LogP contribution in [0.3, 0.4) is 0 Å². The van der Waals surface area contributed by atoms with Crippen molar-refractivity contribution in [3.63, 3.8) is 0 Å². The smallest absolute Gasteiger partial charge is 0.255 e. The van der Waals surface area contributed by atoms with Gasteiger partial charge in [-0.25, -0.2) is 0 Å². The summed E-state index contributed by atoms with van der Waals surface area (Å²) in [7, 11) is 1.57. The Morgan fingerprint density at radius 3 is 2.62 bits per heavy atom. The van der Waals surface area contributed by atoms with E-state index < -0.39 is 0 Å². The lowest BCUT2D eigenvalue weighted by atomic mass is 10.1. The van der Waals surface area contributed by atoms with E-state index in [2.05, 4.69) is 33.4 Å². The van der Waals surface area contributed by atoms with Gasteiger partial charge in [-0.15, -0.1) is 0 Å². The van der Waals surface area contributed by atoms with Gasteiger partial charge in [0.05, 0.1) is 11.6 Å². The number of benzene rings is 3. The highest BCUT2D eigenvalue weighted by Crippen LogP contribution is 2.37. The van der Waals surface area contributed by atoms with Crippen molar-refractivity contribution in [2.24, 2.45) is 0 Å². The number of nitrogens with one attached hydrogen (secondary N) is 1. The Bertz CT molecular complexity index is 1030. The Hall–Kier alpha value is -2.79. The van der Waals surface area contributed by atoms with Crippen molar-refractivity contribution < 1.29 is 14.3 Å². The van der Waals surface area contributed by atoms with Gasteiger partial charge in [0.25, 0.3) is 5.91 Å². The minimum absolute atomic E-state index is 0.184. The number of rotatable bonds is 6. The van der Waals surface area contributed by atoms with Crippen LogP contribution in [-0.4, -0.2) is 13.0 Å². The quantitative estimate of drug-likeness (QED) is 0.516. The largest absolute Gasteiger partial charge is 0.493 e. The number of amides is 1. The summed E-state index contributed by atoms with van der Waals surface area (Å²) in [5, 5.41) is 2.99. The average molecular weight is 452 g/mol. The van der Waals surface area contributed by atoms with Gasteiger partial charge in [0.1, 0.15) is 6.61 Å². The van der Waals surface area contributed by atoms with Gasteiger partial charge in [-0.05, 0) is 76.1 Å². The molecular weight excluding hydrogens is 430 g/mol. The van der Waals surface area contributed by atoms with Crippen LogP contribution in [0.15, 0.2) is 65.1 Å². The van der Waals surface area contributed by atoms with E-state index in [0.717, 1.165) is 24.1 Å². The summed E-state index contributed by atoms with van der Waals surface area (Å²) < 4.78 is 12.1. The van der Waals surface area contributed by atoms with E-state index in [1.807, 2.05) is 36.4 Å². The van der Waals surface area contributed by atoms with Crippen molar-refractivity contribution in [1.82, 2.24) is 0 Å². The molecule has 29 heavy (non-hydrogen) atoms. The Labute approximate surface area is 179 Å². The van der Waals surface area contributed by atoms with Crippen LogP contribution in [0.1, 0.15) is 33.5 Å². The maximum atomic E-state index is 12.8. The van der Waals surface area contributed by atoms with Crippen LogP contribution >= 0.6 is 15.9 Å². The number of carbonyl (C=O) groups is 1. The zero-order valence-corrected chi connectivity index (χ0v) is 17.8. The lowest BCUT2D eigenvalue weighted by Crippen LogP contribution is -2.12. The molecule has 148 valence electrons. The lowest BCUT2D eigenvalue weighted by Gasteiger charge is -2.15. The minimum atomic E-state index is -0.184. The van der Waals surface area contributed by atoms with Gasteiger partial charge in [-0.3, -0.25) is 4.79 Å². The van der Waals surface area contributed by atoms with E-state index in [1.54, 1.807) is 19.2 Å². The minimum Gasteiger partial charge on any atom is -0.493 e. The predicted molar refractivity (Wildman–Crippen MR) is 118 cm³/mol. The molecule has 5 heteroatoms. The van der Waals surface area contributed by atoms with Crippen molar-refractivity contribution in [3.05, 3.63) is 87.4 Å². The fraction of sp³-hybridized carbons (Fsp3) is 0.208. The number of hydrogen-bond acceptors (Lipinski definition) is 3. The third-order valence-electron chi connectivity index (χ3n) is 5.07. The zero-order valence-electron chi connectivity index (χ0n) is 16.2. The summed E-state index contributed by atoms with van der Waals surface area (Å²) in [5.41, 5.74) is 5.08. The van der Waals surface area contributed by atoms with Gasteiger partial charge >= 0.3 is 0 Å². The first-order valence-corrected chi connectivity index (χ1v) is 10.4. The third kappa shape index (κ3) is 4.46. The highest BCUT2D eigenvalue weighted by atomic mass is 79.9. The maximum Gasteiger partial charge on any atom is 0.255 e. The predicted octanol–water partition coefficient (Wildman–Crippen LogP) is 5.78. The maximum absolute atomic E-state index is 12.8. The molecule has 0 fully saturated rings. The molecular formula is C24H22BrNO3. The number of aryl methyl sites for hydroxylation is 2. The number of carbonyl (C=O) groups excluding carboxylic acids is 1. The summed E-state index contributed by atoms with van der Waals surface area (Å²) in [6, 6.07) is 19.5. The van der Waals surface area contributed by atoms with Crippen molar-refractivity contribution in [1.29, 1.82) is 0 Å². The summed E-state index contributed by atoms with van der Waals surface area (Å²) >= 11 is 3.52. The first-order chi connectivity index (χ1) is 14.1. The van der Waals surface area contributed by atoms with Crippen LogP contribution in [-0.2, 0) is 19.4 Å². The van der Waals surface area contributed by atoms with Crippen LogP contribution in [0.5, 0.6) is 11.5 Å². The first kappa shape index (κ1) is 19.5. The first-order valence-electron chi connectivity index (χ1n) is 9.61. The molecule has 0 heterocycles. The summed E-state index contributed by atoms with van der Waals surface area (Å²) in [6.45, 7) is 0.413. The van der Waals surface area contributed by atoms with Crippen molar-refractivity contribution in [2.45, 2.75) is 25.9 Å². The number of ether oxygens (including phenoxy) is 2. The molecule has 0 saturated carbocycles. The van der Waals surface area contributed by atoms with Crippen molar-refractivity contribution in [2.75, 3.05) is 12.4 Å². The molecule has 4 rings (SSSR count). The number of methoxy groups -OCH3 is 1. The van der Waals surface area contributed by atoms with E-state index in [4.69, 9.17) is 9.47 Å². The summed E-state index contributed by atoms with van der Waals surface area (Å²) in [4.78, 5) is 12.8. The van der Waals surface area contributed by atoms with Gasteiger partial charge in [0, 0.05) is 11.3 Å². The van der Waals surface area contributed by atoms with Crippen LogP contribution in [0.2, 0.25) is 0 Å². The second kappa shape index (κ2) is 8.70. The standard InChI is InChI=1S/C24H22BrNO3/c1-28-22-14-19(13-21(25)23(22)29-15-16-6-3-2-4-7-16)24(27)26-20-11-10-17-8-5-9-18(17)12-20/h2-4,6-7,10-14H,5,8-9,15H2,1H3,(H,26,27). The second-order valence-corrected chi connectivity index (χ2v) is 7.91. The molecule has 0 bridgehead atoms. The molecule has 0 unspecified atom stereocenters.